The summed E-state index contributed by atoms with van der Waals surface area (Å²) < 4.78 is 0.429. The molecule has 0 aromatic carbocycles. The lowest BCUT2D eigenvalue weighted by atomic mass is 10.2. The third kappa shape index (κ3) is 1.82. The molecule has 1 saturated carbocycles. The number of rotatable bonds is 2. The van der Waals surface area contributed by atoms with Gasteiger partial charge in [0, 0.05) is 11.8 Å². The second-order valence-electron chi connectivity index (χ2n) is 3.26. The maximum absolute atomic E-state index is 11.0. The Morgan fingerprint density at radius 2 is 2.25 bits per heavy atom. The Morgan fingerprint density at radius 1 is 1.50 bits per heavy atom. The van der Waals surface area contributed by atoms with E-state index in [0.717, 1.165) is 18.0 Å². The van der Waals surface area contributed by atoms with Crippen molar-refractivity contribution in [3.05, 3.63) is 26.9 Å². The number of H-pyrrole nitrogens is 2. The molecular formula is C8H10N2OS. The third-order valence-electron chi connectivity index (χ3n) is 2.02. The SMILES string of the molecule is O=c1cc(CC2CC2)[nH]c(=S)[nH]1. The maximum atomic E-state index is 11.0. The summed E-state index contributed by atoms with van der Waals surface area (Å²) in [5.74, 6) is 0.775. The van der Waals surface area contributed by atoms with Gasteiger partial charge in [-0.1, -0.05) is 0 Å². The van der Waals surface area contributed by atoms with Gasteiger partial charge in [-0.3, -0.25) is 9.78 Å². The molecule has 1 aromatic rings. The van der Waals surface area contributed by atoms with E-state index in [0.29, 0.717) is 4.77 Å². The first kappa shape index (κ1) is 7.73. The van der Waals surface area contributed by atoms with Crippen LogP contribution in [0.4, 0.5) is 0 Å². The van der Waals surface area contributed by atoms with Crippen LogP contribution in [-0.4, -0.2) is 9.97 Å². The van der Waals surface area contributed by atoms with Crippen LogP contribution in [0.1, 0.15) is 18.5 Å². The van der Waals surface area contributed by atoms with E-state index in [1.54, 1.807) is 6.07 Å². The van der Waals surface area contributed by atoms with Gasteiger partial charge in [0.25, 0.3) is 5.56 Å². The van der Waals surface area contributed by atoms with Crippen LogP contribution < -0.4 is 5.56 Å². The summed E-state index contributed by atoms with van der Waals surface area (Å²) in [6.45, 7) is 0. The summed E-state index contributed by atoms with van der Waals surface area (Å²) >= 11 is 4.85. The summed E-state index contributed by atoms with van der Waals surface area (Å²) in [4.78, 5) is 16.5. The molecule has 0 atom stereocenters. The van der Waals surface area contributed by atoms with E-state index in [1.807, 2.05) is 0 Å². The predicted octanol–water partition coefficient (Wildman–Crippen LogP) is 1.38. The van der Waals surface area contributed by atoms with Crippen molar-refractivity contribution < 1.29 is 0 Å². The van der Waals surface area contributed by atoms with Gasteiger partial charge in [0.15, 0.2) is 4.77 Å². The van der Waals surface area contributed by atoms with E-state index in [9.17, 15) is 4.79 Å². The normalized spacial score (nSPS) is 16.3. The molecule has 0 unspecified atom stereocenters. The van der Waals surface area contributed by atoms with E-state index < -0.39 is 0 Å². The molecule has 0 bridgehead atoms. The van der Waals surface area contributed by atoms with E-state index >= 15 is 0 Å². The van der Waals surface area contributed by atoms with Crippen molar-refractivity contribution in [1.29, 1.82) is 0 Å². The van der Waals surface area contributed by atoms with Gasteiger partial charge < -0.3 is 4.98 Å². The highest BCUT2D eigenvalue weighted by molar-refractivity contribution is 7.71. The summed E-state index contributed by atoms with van der Waals surface area (Å²) in [6, 6.07) is 1.59. The molecule has 0 aliphatic heterocycles. The number of hydrogen-bond acceptors (Lipinski definition) is 2. The van der Waals surface area contributed by atoms with E-state index in [1.165, 1.54) is 12.8 Å². The Bertz CT molecular complexity index is 360. The number of hydrogen-bond donors (Lipinski definition) is 2. The number of aromatic nitrogens is 2. The second kappa shape index (κ2) is 2.86. The first-order chi connectivity index (χ1) is 5.74. The zero-order valence-corrected chi connectivity index (χ0v) is 7.41. The molecule has 0 radical (unpaired) electrons. The molecule has 0 saturated heterocycles. The van der Waals surface area contributed by atoms with Crippen LogP contribution in [0.3, 0.4) is 0 Å². The van der Waals surface area contributed by atoms with Gasteiger partial charge in [0.1, 0.15) is 0 Å². The molecule has 3 nitrogen and oxygen atoms in total. The Hall–Kier alpha value is -0.900. The van der Waals surface area contributed by atoms with Crippen LogP contribution in [0.25, 0.3) is 0 Å². The molecule has 1 heterocycles. The topological polar surface area (TPSA) is 48.6 Å². The quantitative estimate of drug-likeness (QED) is 0.679. The molecule has 1 aromatic heterocycles. The summed E-state index contributed by atoms with van der Waals surface area (Å²) in [5, 5.41) is 0. The minimum atomic E-state index is -0.102. The molecule has 1 fully saturated rings. The van der Waals surface area contributed by atoms with Crippen LogP contribution in [0.5, 0.6) is 0 Å². The van der Waals surface area contributed by atoms with Crippen molar-refractivity contribution in [2.24, 2.45) is 5.92 Å². The maximum Gasteiger partial charge on any atom is 0.251 e. The van der Waals surface area contributed by atoms with Gasteiger partial charge in [0.05, 0.1) is 0 Å². The van der Waals surface area contributed by atoms with Crippen molar-refractivity contribution >= 4 is 12.2 Å². The monoisotopic (exact) mass is 182 g/mol. The smallest absolute Gasteiger partial charge is 0.251 e. The highest BCUT2D eigenvalue weighted by atomic mass is 32.1. The standard InChI is InChI=1S/C8H10N2OS/c11-7-4-6(3-5-1-2-5)9-8(12)10-7/h4-5H,1-3H2,(H2,9,10,11,12). The van der Waals surface area contributed by atoms with Crippen molar-refractivity contribution in [2.45, 2.75) is 19.3 Å². The molecule has 1 aliphatic carbocycles. The summed E-state index contributed by atoms with van der Waals surface area (Å²) in [5.41, 5.74) is 0.862. The molecular weight excluding hydrogens is 172 g/mol. The number of aromatic amines is 2. The van der Waals surface area contributed by atoms with Crippen molar-refractivity contribution in [1.82, 2.24) is 9.97 Å². The number of nitrogens with one attached hydrogen (secondary N) is 2. The second-order valence-corrected chi connectivity index (χ2v) is 3.67. The molecule has 64 valence electrons. The highest BCUT2D eigenvalue weighted by Crippen LogP contribution is 2.31. The van der Waals surface area contributed by atoms with Gasteiger partial charge in [-0.15, -0.1) is 0 Å². The van der Waals surface area contributed by atoms with Gasteiger partial charge in [-0.25, -0.2) is 0 Å². The molecule has 2 N–H and O–H groups in total. The van der Waals surface area contributed by atoms with Crippen LogP contribution >= 0.6 is 12.2 Å². The molecule has 0 amide bonds. The fraction of sp³-hybridized carbons (Fsp3) is 0.500. The predicted molar refractivity (Wildman–Crippen MR) is 48.7 cm³/mol. The minimum absolute atomic E-state index is 0.102. The van der Waals surface area contributed by atoms with Gasteiger partial charge in [-0.2, -0.15) is 0 Å². The van der Waals surface area contributed by atoms with Crippen molar-refractivity contribution in [3.63, 3.8) is 0 Å². The first-order valence-corrected chi connectivity index (χ1v) is 4.47. The average molecular weight is 182 g/mol. The van der Waals surface area contributed by atoms with E-state index in [4.69, 9.17) is 12.2 Å². The minimum Gasteiger partial charge on any atom is -0.336 e. The fourth-order valence-corrected chi connectivity index (χ4v) is 1.49. The first-order valence-electron chi connectivity index (χ1n) is 4.06. The van der Waals surface area contributed by atoms with E-state index in [-0.39, 0.29) is 5.56 Å². The highest BCUT2D eigenvalue weighted by Gasteiger charge is 2.21. The van der Waals surface area contributed by atoms with Crippen LogP contribution in [0.15, 0.2) is 10.9 Å². The largest absolute Gasteiger partial charge is 0.336 e. The van der Waals surface area contributed by atoms with Gasteiger partial charge in [-0.05, 0) is 37.4 Å². The lowest BCUT2D eigenvalue weighted by Gasteiger charge is -1.97. The zero-order chi connectivity index (χ0) is 8.55. The van der Waals surface area contributed by atoms with E-state index in [2.05, 4.69) is 9.97 Å². The fourth-order valence-electron chi connectivity index (χ4n) is 1.26. The average Bonchev–Trinajstić information content (AvgIpc) is 2.68. The van der Waals surface area contributed by atoms with Crippen LogP contribution in [0.2, 0.25) is 0 Å². The van der Waals surface area contributed by atoms with Crippen molar-refractivity contribution in [3.8, 4) is 0 Å². The molecule has 12 heavy (non-hydrogen) atoms. The lowest BCUT2D eigenvalue weighted by molar-refractivity contribution is 0.792. The summed E-state index contributed by atoms with van der Waals surface area (Å²) in [7, 11) is 0. The molecule has 0 spiro atoms. The molecule has 1 aliphatic rings. The Kier molecular flexibility index (Phi) is 1.84. The molecule has 2 rings (SSSR count). The summed E-state index contributed by atoms with van der Waals surface area (Å²) in [6.07, 6.45) is 3.54. The van der Waals surface area contributed by atoms with Crippen LogP contribution in [-0.2, 0) is 6.42 Å². The Labute approximate surface area is 74.8 Å². The Balaban J connectivity index is 2.30. The third-order valence-corrected chi connectivity index (χ3v) is 2.23. The van der Waals surface area contributed by atoms with Gasteiger partial charge in [0.2, 0.25) is 0 Å². The zero-order valence-electron chi connectivity index (χ0n) is 6.59. The van der Waals surface area contributed by atoms with Crippen molar-refractivity contribution in [2.75, 3.05) is 0 Å². The van der Waals surface area contributed by atoms with Gasteiger partial charge >= 0.3 is 0 Å². The Morgan fingerprint density at radius 3 is 2.83 bits per heavy atom. The lowest BCUT2D eigenvalue weighted by Crippen LogP contribution is -2.08. The molecule has 4 heteroatoms. The van der Waals surface area contributed by atoms with Crippen LogP contribution in [0, 0.1) is 10.7 Å².